The van der Waals surface area contributed by atoms with Crippen LogP contribution in [-0.4, -0.2) is 9.78 Å². The summed E-state index contributed by atoms with van der Waals surface area (Å²) < 4.78 is 1.77. The van der Waals surface area contributed by atoms with Gasteiger partial charge in [-0.15, -0.1) is 0 Å². The Balaban J connectivity index is 2.92. The smallest absolute Gasteiger partial charge is 0.124 e. The van der Waals surface area contributed by atoms with Crippen LogP contribution in [0, 0.1) is 12.3 Å². The first kappa shape index (κ1) is 12.1. The molecule has 15 heavy (non-hydrogen) atoms. The van der Waals surface area contributed by atoms with Crippen molar-refractivity contribution in [1.82, 2.24) is 9.78 Å². The van der Waals surface area contributed by atoms with Gasteiger partial charge in [0.1, 0.15) is 5.82 Å². The molecule has 1 rings (SSSR count). The first-order valence-corrected chi connectivity index (χ1v) is 5.51. The lowest BCUT2D eigenvalue weighted by molar-refractivity contribution is 0.345. The molecule has 1 unspecified atom stereocenters. The van der Waals surface area contributed by atoms with Crippen LogP contribution in [0.4, 0.5) is 5.82 Å². The standard InChI is InChI=1S/C12H23N3/c1-8(7-12(3,4)5)10-9(2)11(13)15(6)14-10/h8H,7,13H2,1-6H3. The molecule has 0 spiro atoms. The van der Waals surface area contributed by atoms with Gasteiger partial charge in [0.05, 0.1) is 5.69 Å². The number of hydrogen-bond donors (Lipinski definition) is 1. The SMILES string of the molecule is Cc1c(C(C)CC(C)(C)C)nn(C)c1N. The van der Waals surface area contributed by atoms with Gasteiger partial charge in [-0.1, -0.05) is 27.7 Å². The molecule has 1 heterocycles. The van der Waals surface area contributed by atoms with E-state index in [0.29, 0.717) is 11.3 Å². The Morgan fingerprint density at radius 1 is 1.40 bits per heavy atom. The number of hydrogen-bond acceptors (Lipinski definition) is 2. The molecule has 3 nitrogen and oxygen atoms in total. The molecule has 86 valence electrons. The highest BCUT2D eigenvalue weighted by Crippen LogP contribution is 2.32. The molecule has 0 saturated heterocycles. The van der Waals surface area contributed by atoms with Crippen LogP contribution in [0.15, 0.2) is 0 Å². The van der Waals surface area contributed by atoms with E-state index in [2.05, 4.69) is 39.7 Å². The number of nitrogens with zero attached hydrogens (tertiary/aromatic N) is 2. The lowest BCUT2D eigenvalue weighted by atomic mass is 9.83. The van der Waals surface area contributed by atoms with E-state index in [1.165, 1.54) is 0 Å². The van der Waals surface area contributed by atoms with Crippen molar-refractivity contribution in [1.29, 1.82) is 0 Å². The summed E-state index contributed by atoms with van der Waals surface area (Å²) in [6, 6.07) is 0. The van der Waals surface area contributed by atoms with Gasteiger partial charge in [-0.05, 0) is 18.8 Å². The minimum atomic E-state index is 0.331. The maximum Gasteiger partial charge on any atom is 0.124 e. The van der Waals surface area contributed by atoms with Gasteiger partial charge in [0, 0.05) is 18.5 Å². The fourth-order valence-electron chi connectivity index (χ4n) is 2.15. The maximum absolute atomic E-state index is 5.90. The number of aromatic nitrogens is 2. The van der Waals surface area contributed by atoms with E-state index in [4.69, 9.17) is 5.73 Å². The van der Waals surface area contributed by atoms with Crippen LogP contribution in [0.25, 0.3) is 0 Å². The Morgan fingerprint density at radius 2 is 1.93 bits per heavy atom. The Morgan fingerprint density at radius 3 is 2.27 bits per heavy atom. The molecule has 0 bridgehead atoms. The van der Waals surface area contributed by atoms with Gasteiger partial charge in [-0.3, -0.25) is 4.68 Å². The van der Waals surface area contributed by atoms with Crippen molar-refractivity contribution in [3.05, 3.63) is 11.3 Å². The second-order valence-electron chi connectivity index (χ2n) is 5.68. The fraction of sp³-hybridized carbons (Fsp3) is 0.750. The zero-order valence-corrected chi connectivity index (χ0v) is 10.8. The first-order valence-electron chi connectivity index (χ1n) is 5.51. The molecule has 0 fully saturated rings. The maximum atomic E-state index is 5.90. The topological polar surface area (TPSA) is 43.8 Å². The van der Waals surface area contributed by atoms with Crippen LogP contribution >= 0.6 is 0 Å². The molecule has 0 aliphatic heterocycles. The van der Waals surface area contributed by atoms with Gasteiger partial charge in [-0.2, -0.15) is 5.10 Å². The quantitative estimate of drug-likeness (QED) is 0.814. The molecule has 0 aliphatic rings. The van der Waals surface area contributed by atoms with Crippen LogP contribution in [0.1, 0.15) is 51.3 Å². The molecule has 2 N–H and O–H groups in total. The molecule has 1 aromatic heterocycles. The van der Waals surface area contributed by atoms with Crippen molar-refractivity contribution in [2.75, 3.05) is 5.73 Å². The summed E-state index contributed by atoms with van der Waals surface area (Å²) in [4.78, 5) is 0. The van der Waals surface area contributed by atoms with Crippen molar-refractivity contribution in [3.63, 3.8) is 0 Å². The lowest BCUT2D eigenvalue weighted by Crippen LogP contribution is -2.11. The fourth-order valence-corrected chi connectivity index (χ4v) is 2.15. The largest absolute Gasteiger partial charge is 0.384 e. The second-order valence-corrected chi connectivity index (χ2v) is 5.68. The van der Waals surface area contributed by atoms with Gasteiger partial charge in [0.25, 0.3) is 0 Å². The van der Waals surface area contributed by atoms with E-state index >= 15 is 0 Å². The summed E-state index contributed by atoms with van der Waals surface area (Å²) in [7, 11) is 1.90. The molecular weight excluding hydrogens is 186 g/mol. The molecule has 0 amide bonds. The van der Waals surface area contributed by atoms with E-state index in [-0.39, 0.29) is 0 Å². The van der Waals surface area contributed by atoms with Gasteiger partial charge < -0.3 is 5.73 Å². The highest BCUT2D eigenvalue weighted by Gasteiger charge is 2.21. The highest BCUT2D eigenvalue weighted by atomic mass is 15.3. The molecule has 0 aliphatic carbocycles. The first-order chi connectivity index (χ1) is 6.72. The molecule has 1 atom stereocenters. The number of nitrogen functional groups attached to an aromatic ring is 1. The van der Waals surface area contributed by atoms with E-state index in [1.807, 2.05) is 7.05 Å². The highest BCUT2D eigenvalue weighted by molar-refractivity contribution is 5.43. The van der Waals surface area contributed by atoms with Crippen LogP contribution in [0.5, 0.6) is 0 Å². The van der Waals surface area contributed by atoms with Gasteiger partial charge >= 0.3 is 0 Å². The minimum Gasteiger partial charge on any atom is -0.384 e. The third-order valence-electron chi connectivity index (χ3n) is 2.76. The zero-order chi connectivity index (χ0) is 11.8. The Bertz CT molecular complexity index is 344. The number of nitrogens with two attached hydrogens (primary N) is 1. The molecule has 0 saturated carbocycles. The summed E-state index contributed by atoms with van der Waals surface area (Å²) in [5, 5.41) is 4.49. The average molecular weight is 209 g/mol. The van der Waals surface area contributed by atoms with E-state index in [0.717, 1.165) is 23.5 Å². The molecule has 3 heteroatoms. The van der Waals surface area contributed by atoms with Gasteiger partial charge in [-0.25, -0.2) is 0 Å². The van der Waals surface area contributed by atoms with E-state index in [1.54, 1.807) is 4.68 Å². The van der Waals surface area contributed by atoms with E-state index < -0.39 is 0 Å². The minimum absolute atomic E-state index is 0.331. The van der Waals surface area contributed by atoms with Crippen molar-refractivity contribution < 1.29 is 0 Å². The molecule has 0 radical (unpaired) electrons. The summed E-state index contributed by atoms with van der Waals surface area (Å²) >= 11 is 0. The number of anilines is 1. The van der Waals surface area contributed by atoms with Crippen LogP contribution in [0.2, 0.25) is 0 Å². The third kappa shape index (κ3) is 2.74. The Kier molecular flexibility index (Phi) is 3.12. The van der Waals surface area contributed by atoms with Gasteiger partial charge in [0.15, 0.2) is 0 Å². The summed E-state index contributed by atoms with van der Waals surface area (Å²) in [6.07, 6.45) is 1.13. The Hall–Kier alpha value is -0.990. The van der Waals surface area contributed by atoms with Gasteiger partial charge in [0.2, 0.25) is 0 Å². The normalized spacial score (nSPS) is 14.3. The summed E-state index contributed by atoms with van der Waals surface area (Å²) in [6.45, 7) is 11.0. The predicted molar refractivity (Wildman–Crippen MR) is 64.8 cm³/mol. The summed E-state index contributed by atoms with van der Waals surface area (Å²) in [5.74, 6) is 1.25. The van der Waals surface area contributed by atoms with Crippen LogP contribution in [-0.2, 0) is 7.05 Å². The Labute approximate surface area is 92.7 Å². The lowest BCUT2D eigenvalue weighted by Gasteiger charge is -2.22. The van der Waals surface area contributed by atoms with E-state index in [9.17, 15) is 0 Å². The van der Waals surface area contributed by atoms with Crippen molar-refractivity contribution in [2.24, 2.45) is 12.5 Å². The van der Waals surface area contributed by atoms with Crippen molar-refractivity contribution in [3.8, 4) is 0 Å². The molecule has 1 aromatic rings. The number of aryl methyl sites for hydroxylation is 1. The van der Waals surface area contributed by atoms with Crippen LogP contribution in [0.3, 0.4) is 0 Å². The van der Waals surface area contributed by atoms with Crippen LogP contribution < -0.4 is 5.73 Å². The average Bonchev–Trinajstić information content (AvgIpc) is 2.30. The molecular formula is C12H23N3. The molecule has 0 aromatic carbocycles. The van der Waals surface area contributed by atoms with Crippen molar-refractivity contribution >= 4 is 5.82 Å². The zero-order valence-electron chi connectivity index (χ0n) is 10.8. The van der Waals surface area contributed by atoms with Crippen molar-refractivity contribution in [2.45, 2.75) is 47.0 Å². The number of rotatable bonds is 2. The third-order valence-corrected chi connectivity index (χ3v) is 2.76. The summed E-state index contributed by atoms with van der Waals surface area (Å²) in [5.41, 5.74) is 8.51. The second kappa shape index (κ2) is 3.87. The predicted octanol–water partition coefficient (Wildman–Crippen LogP) is 2.85. The monoisotopic (exact) mass is 209 g/mol.